The summed E-state index contributed by atoms with van der Waals surface area (Å²) in [6.45, 7) is 4.40. The Morgan fingerprint density at radius 2 is 1.50 bits per heavy atom. The minimum atomic E-state index is 0.442. The zero-order valence-corrected chi connectivity index (χ0v) is 12.6. The second-order valence-electron chi connectivity index (χ2n) is 4.79. The Balaban J connectivity index is 2.04. The molecule has 0 bridgehead atoms. The van der Waals surface area contributed by atoms with Gasteiger partial charge in [0.1, 0.15) is 0 Å². The van der Waals surface area contributed by atoms with Crippen LogP contribution in [-0.2, 0) is 6.42 Å². The normalized spacial score (nSPS) is 12.4. The summed E-state index contributed by atoms with van der Waals surface area (Å²) in [5.74, 6) is 0. The average molecular weight is 303 g/mol. The van der Waals surface area contributed by atoms with Crippen molar-refractivity contribution in [2.24, 2.45) is 0 Å². The first-order valence-corrected chi connectivity index (χ1v) is 7.34. The van der Waals surface area contributed by atoms with E-state index in [0.717, 1.165) is 12.8 Å². The molecule has 0 heterocycles. The van der Waals surface area contributed by atoms with Crippen molar-refractivity contribution in [1.29, 1.82) is 0 Å². The molecular formula is C17H19Br. The molecule has 2 rings (SSSR count). The van der Waals surface area contributed by atoms with Gasteiger partial charge in [-0.25, -0.2) is 0 Å². The van der Waals surface area contributed by atoms with E-state index >= 15 is 0 Å². The van der Waals surface area contributed by atoms with E-state index in [1.807, 2.05) is 0 Å². The predicted molar refractivity (Wildman–Crippen MR) is 82.3 cm³/mol. The van der Waals surface area contributed by atoms with Crippen LogP contribution in [0.3, 0.4) is 0 Å². The maximum atomic E-state index is 3.79. The number of aryl methyl sites for hydroxylation is 2. The standard InChI is InChI=1S/C17H19Br/c1-13-7-6-8-14(2)16(13)11-12-17(18)15-9-4-3-5-10-15/h3-10,17H,11-12H2,1-2H3. The van der Waals surface area contributed by atoms with Crippen molar-refractivity contribution in [1.82, 2.24) is 0 Å². The molecule has 0 saturated carbocycles. The van der Waals surface area contributed by atoms with Gasteiger partial charge in [-0.1, -0.05) is 64.5 Å². The molecule has 0 spiro atoms. The molecule has 2 aromatic rings. The first kappa shape index (κ1) is 13.4. The highest BCUT2D eigenvalue weighted by atomic mass is 79.9. The SMILES string of the molecule is Cc1cccc(C)c1CCC(Br)c1ccccc1. The summed E-state index contributed by atoms with van der Waals surface area (Å²) in [4.78, 5) is 0.442. The first-order valence-electron chi connectivity index (χ1n) is 6.42. The van der Waals surface area contributed by atoms with Crippen molar-refractivity contribution in [3.63, 3.8) is 0 Å². The number of alkyl halides is 1. The lowest BCUT2D eigenvalue weighted by Gasteiger charge is -2.13. The molecule has 2 aromatic carbocycles. The lowest BCUT2D eigenvalue weighted by molar-refractivity contribution is 0.804. The third-order valence-electron chi connectivity index (χ3n) is 3.45. The van der Waals surface area contributed by atoms with Gasteiger partial charge in [-0.05, 0) is 48.9 Å². The van der Waals surface area contributed by atoms with E-state index in [1.165, 1.54) is 22.3 Å². The Bertz CT molecular complexity index is 482. The van der Waals surface area contributed by atoms with Gasteiger partial charge in [0.2, 0.25) is 0 Å². The van der Waals surface area contributed by atoms with Crippen molar-refractivity contribution < 1.29 is 0 Å². The molecule has 0 aliphatic rings. The highest BCUT2D eigenvalue weighted by Crippen LogP contribution is 2.28. The molecule has 94 valence electrons. The van der Waals surface area contributed by atoms with E-state index in [9.17, 15) is 0 Å². The largest absolute Gasteiger partial charge is 0.0839 e. The molecule has 1 unspecified atom stereocenters. The fourth-order valence-corrected chi connectivity index (χ4v) is 2.88. The van der Waals surface area contributed by atoms with Crippen LogP contribution in [0.2, 0.25) is 0 Å². The molecule has 0 fully saturated rings. The first-order chi connectivity index (χ1) is 8.68. The molecular weight excluding hydrogens is 284 g/mol. The van der Waals surface area contributed by atoms with Gasteiger partial charge in [-0.3, -0.25) is 0 Å². The summed E-state index contributed by atoms with van der Waals surface area (Å²) < 4.78 is 0. The Kier molecular flexibility index (Phi) is 4.60. The molecule has 0 aliphatic carbocycles. The van der Waals surface area contributed by atoms with Crippen LogP contribution in [0, 0.1) is 13.8 Å². The summed E-state index contributed by atoms with van der Waals surface area (Å²) in [7, 11) is 0. The summed E-state index contributed by atoms with van der Waals surface area (Å²) >= 11 is 3.79. The van der Waals surface area contributed by atoms with Crippen LogP contribution in [0.1, 0.15) is 33.5 Å². The Morgan fingerprint density at radius 1 is 0.889 bits per heavy atom. The van der Waals surface area contributed by atoms with E-state index < -0.39 is 0 Å². The van der Waals surface area contributed by atoms with Crippen molar-refractivity contribution in [3.05, 3.63) is 70.8 Å². The van der Waals surface area contributed by atoms with Crippen LogP contribution in [0.5, 0.6) is 0 Å². The van der Waals surface area contributed by atoms with Crippen molar-refractivity contribution >= 4 is 15.9 Å². The number of rotatable bonds is 4. The fraction of sp³-hybridized carbons (Fsp3) is 0.294. The summed E-state index contributed by atoms with van der Waals surface area (Å²) in [6, 6.07) is 17.2. The molecule has 0 saturated heterocycles. The van der Waals surface area contributed by atoms with E-state index in [1.54, 1.807) is 0 Å². The fourth-order valence-electron chi connectivity index (χ4n) is 2.34. The van der Waals surface area contributed by atoms with Crippen LogP contribution in [0.15, 0.2) is 48.5 Å². The smallest absolute Gasteiger partial charge is 0.0398 e. The molecule has 0 N–H and O–H groups in total. The van der Waals surface area contributed by atoms with Gasteiger partial charge in [0, 0.05) is 4.83 Å². The minimum absolute atomic E-state index is 0.442. The van der Waals surface area contributed by atoms with Crippen LogP contribution in [0.4, 0.5) is 0 Å². The van der Waals surface area contributed by atoms with Gasteiger partial charge < -0.3 is 0 Å². The molecule has 18 heavy (non-hydrogen) atoms. The third kappa shape index (κ3) is 3.23. The lowest BCUT2D eigenvalue weighted by Crippen LogP contribution is -1.97. The van der Waals surface area contributed by atoms with Gasteiger partial charge in [0.05, 0.1) is 0 Å². The summed E-state index contributed by atoms with van der Waals surface area (Å²) in [5.41, 5.74) is 5.67. The molecule has 0 nitrogen and oxygen atoms in total. The van der Waals surface area contributed by atoms with Gasteiger partial charge in [-0.15, -0.1) is 0 Å². The van der Waals surface area contributed by atoms with Crippen molar-refractivity contribution in [2.45, 2.75) is 31.5 Å². The molecule has 0 amide bonds. The van der Waals surface area contributed by atoms with Gasteiger partial charge >= 0.3 is 0 Å². The second-order valence-corrected chi connectivity index (χ2v) is 5.89. The highest BCUT2D eigenvalue weighted by molar-refractivity contribution is 9.09. The second kappa shape index (κ2) is 6.19. The Labute approximate surface area is 118 Å². The van der Waals surface area contributed by atoms with E-state index in [-0.39, 0.29) is 0 Å². The zero-order valence-electron chi connectivity index (χ0n) is 11.0. The van der Waals surface area contributed by atoms with Crippen molar-refractivity contribution in [3.8, 4) is 0 Å². The number of hydrogen-bond donors (Lipinski definition) is 0. The lowest BCUT2D eigenvalue weighted by atomic mass is 9.96. The maximum Gasteiger partial charge on any atom is 0.0398 e. The van der Waals surface area contributed by atoms with Crippen LogP contribution in [-0.4, -0.2) is 0 Å². The number of hydrogen-bond acceptors (Lipinski definition) is 0. The highest BCUT2D eigenvalue weighted by Gasteiger charge is 2.09. The van der Waals surface area contributed by atoms with Gasteiger partial charge in [0.15, 0.2) is 0 Å². The van der Waals surface area contributed by atoms with Crippen molar-refractivity contribution in [2.75, 3.05) is 0 Å². The quantitative estimate of drug-likeness (QED) is 0.666. The predicted octanol–water partition coefficient (Wildman–Crippen LogP) is 5.37. The number of halogens is 1. The van der Waals surface area contributed by atoms with Crippen LogP contribution < -0.4 is 0 Å². The van der Waals surface area contributed by atoms with E-state index in [4.69, 9.17) is 0 Å². The molecule has 1 atom stereocenters. The number of benzene rings is 2. The van der Waals surface area contributed by atoms with Crippen LogP contribution in [0.25, 0.3) is 0 Å². The zero-order chi connectivity index (χ0) is 13.0. The van der Waals surface area contributed by atoms with Crippen LogP contribution >= 0.6 is 15.9 Å². The summed E-state index contributed by atoms with van der Waals surface area (Å²) in [5, 5.41) is 0. The minimum Gasteiger partial charge on any atom is -0.0839 e. The van der Waals surface area contributed by atoms with E-state index in [2.05, 4.69) is 78.3 Å². The molecule has 0 aromatic heterocycles. The van der Waals surface area contributed by atoms with E-state index in [0.29, 0.717) is 4.83 Å². The molecule has 0 radical (unpaired) electrons. The maximum absolute atomic E-state index is 3.79. The van der Waals surface area contributed by atoms with Gasteiger partial charge in [-0.2, -0.15) is 0 Å². The Morgan fingerprint density at radius 3 is 2.11 bits per heavy atom. The van der Waals surface area contributed by atoms with Gasteiger partial charge in [0.25, 0.3) is 0 Å². The third-order valence-corrected chi connectivity index (χ3v) is 4.44. The Hall–Kier alpha value is -1.08. The average Bonchev–Trinajstić information content (AvgIpc) is 2.39. The molecule has 0 aliphatic heterocycles. The topological polar surface area (TPSA) is 0 Å². The summed E-state index contributed by atoms with van der Waals surface area (Å²) in [6.07, 6.45) is 2.26. The monoisotopic (exact) mass is 302 g/mol. The molecule has 1 heteroatoms.